The molecule has 0 bridgehead atoms. The van der Waals surface area contributed by atoms with Gasteiger partial charge in [-0.2, -0.15) is 0 Å². The maximum Gasteiger partial charge on any atom is 0.410 e. The van der Waals surface area contributed by atoms with Crippen molar-refractivity contribution in [2.75, 3.05) is 13.1 Å². The molecule has 1 aromatic carbocycles. The van der Waals surface area contributed by atoms with E-state index in [1.807, 2.05) is 26.8 Å². The highest BCUT2D eigenvalue weighted by atomic mass is 16.6. The standard InChI is InChI=1S/C20H29N3O4/c1-14(21-18(25)15-8-6-5-7-9-15)17(24)22-16-10-12-23(13-11-16)19(26)27-20(2,3)4/h5-9,14,16H,10-13H2,1-4H3,(H,21,25)(H,22,24). The van der Waals surface area contributed by atoms with Gasteiger partial charge in [0.05, 0.1) is 0 Å². The summed E-state index contributed by atoms with van der Waals surface area (Å²) in [5, 5.41) is 5.65. The molecule has 1 saturated heterocycles. The molecular formula is C20H29N3O4. The molecule has 2 N–H and O–H groups in total. The molecule has 7 heteroatoms. The van der Waals surface area contributed by atoms with Crippen LogP contribution in [0.1, 0.15) is 50.9 Å². The molecule has 1 unspecified atom stereocenters. The molecule has 1 aromatic rings. The van der Waals surface area contributed by atoms with Crippen LogP contribution in [0.15, 0.2) is 30.3 Å². The molecule has 27 heavy (non-hydrogen) atoms. The first-order chi connectivity index (χ1) is 12.7. The highest BCUT2D eigenvalue weighted by Gasteiger charge is 2.28. The molecule has 2 rings (SSSR count). The van der Waals surface area contributed by atoms with Gasteiger partial charge < -0.3 is 20.3 Å². The lowest BCUT2D eigenvalue weighted by Crippen LogP contribution is -2.52. The van der Waals surface area contributed by atoms with E-state index in [4.69, 9.17) is 4.74 Å². The van der Waals surface area contributed by atoms with Crippen LogP contribution in [0, 0.1) is 0 Å². The summed E-state index contributed by atoms with van der Waals surface area (Å²) in [6.07, 6.45) is 0.991. The number of hydrogen-bond donors (Lipinski definition) is 2. The van der Waals surface area contributed by atoms with E-state index in [-0.39, 0.29) is 23.9 Å². The molecule has 1 aliphatic rings. The largest absolute Gasteiger partial charge is 0.444 e. The van der Waals surface area contributed by atoms with Crippen molar-refractivity contribution in [3.05, 3.63) is 35.9 Å². The molecule has 7 nitrogen and oxygen atoms in total. The molecule has 0 radical (unpaired) electrons. The Morgan fingerprint density at radius 2 is 1.70 bits per heavy atom. The molecule has 0 aromatic heterocycles. The van der Waals surface area contributed by atoms with Crippen LogP contribution in [0.2, 0.25) is 0 Å². The van der Waals surface area contributed by atoms with E-state index in [1.165, 1.54) is 0 Å². The number of nitrogens with zero attached hydrogens (tertiary/aromatic N) is 1. The van der Waals surface area contributed by atoms with Gasteiger partial charge in [0.2, 0.25) is 5.91 Å². The van der Waals surface area contributed by atoms with Crippen LogP contribution in [0.25, 0.3) is 0 Å². The van der Waals surface area contributed by atoms with Gasteiger partial charge in [0.1, 0.15) is 11.6 Å². The van der Waals surface area contributed by atoms with Crippen LogP contribution in [0.5, 0.6) is 0 Å². The average Bonchev–Trinajstić information content (AvgIpc) is 2.61. The zero-order valence-corrected chi connectivity index (χ0v) is 16.5. The quantitative estimate of drug-likeness (QED) is 0.845. The van der Waals surface area contributed by atoms with E-state index in [1.54, 1.807) is 36.1 Å². The van der Waals surface area contributed by atoms with Crippen molar-refractivity contribution in [3.8, 4) is 0 Å². The molecule has 0 spiro atoms. The van der Waals surface area contributed by atoms with Crippen LogP contribution in [0.4, 0.5) is 4.79 Å². The van der Waals surface area contributed by atoms with Crippen molar-refractivity contribution in [2.24, 2.45) is 0 Å². The Balaban J connectivity index is 1.77. The Hall–Kier alpha value is -2.57. The van der Waals surface area contributed by atoms with Gasteiger partial charge in [-0.3, -0.25) is 9.59 Å². The normalized spacial score (nSPS) is 16.4. The maximum atomic E-state index is 12.4. The third-order valence-electron chi connectivity index (χ3n) is 4.27. The fourth-order valence-electron chi connectivity index (χ4n) is 2.79. The minimum atomic E-state index is -0.637. The van der Waals surface area contributed by atoms with Gasteiger partial charge in [-0.1, -0.05) is 18.2 Å². The number of hydrogen-bond acceptors (Lipinski definition) is 4. The lowest BCUT2D eigenvalue weighted by Gasteiger charge is -2.34. The molecule has 1 aliphatic heterocycles. The van der Waals surface area contributed by atoms with Crippen molar-refractivity contribution in [1.29, 1.82) is 0 Å². The number of carbonyl (C=O) groups is 3. The topological polar surface area (TPSA) is 87.7 Å². The van der Waals surface area contributed by atoms with Crippen molar-refractivity contribution in [3.63, 3.8) is 0 Å². The maximum absolute atomic E-state index is 12.4. The molecule has 0 aliphatic carbocycles. The minimum Gasteiger partial charge on any atom is -0.444 e. The second-order valence-corrected chi connectivity index (χ2v) is 7.81. The smallest absolute Gasteiger partial charge is 0.410 e. The van der Waals surface area contributed by atoms with Gasteiger partial charge in [0.25, 0.3) is 5.91 Å². The Bertz CT molecular complexity index is 662. The number of piperidine rings is 1. The lowest BCUT2D eigenvalue weighted by molar-refractivity contribution is -0.123. The fourth-order valence-corrected chi connectivity index (χ4v) is 2.79. The second kappa shape index (κ2) is 8.88. The average molecular weight is 375 g/mol. The van der Waals surface area contributed by atoms with E-state index in [9.17, 15) is 14.4 Å². The Morgan fingerprint density at radius 1 is 1.11 bits per heavy atom. The first kappa shape index (κ1) is 20.7. The summed E-state index contributed by atoms with van der Waals surface area (Å²) >= 11 is 0. The zero-order chi connectivity index (χ0) is 20.0. The molecule has 3 amide bonds. The minimum absolute atomic E-state index is 0.0211. The van der Waals surface area contributed by atoms with E-state index < -0.39 is 11.6 Å². The number of amides is 3. The molecule has 148 valence electrons. The molecule has 1 fully saturated rings. The van der Waals surface area contributed by atoms with Crippen molar-refractivity contribution in [2.45, 2.75) is 58.2 Å². The molecule has 0 saturated carbocycles. The summed E-state index contributed by atoms with van der Waals surface area (Å²) in [5.41, 5.74) is -0.00281. The highest BCUT2D eigenvalue weighted by Crippen LogP contribution is 2.15. The van der Waals surface area contributed by atoms with Crippen molar-refractivity contribution < 1.29 is 19.1 Å². The Morgan fingerprint density at radius 3 is 2.26 bits per heavy atom. The summed E-state index contributed by atoms with van der Waals surface area (Å²) in [5.74, 6) is -0.506. The van der Waals surface area contributed by atoms with E-state index in [0.717, 1.165) is 0 Å². The highest BCUT2D eigenvalue weighted by molar-refractivity contribution is 5.97. The number of rotatable bonds is 4. The van der Waals surface area contributed by atoms with E-state index in [2.05, 4.69) is 10.6 Å². The van der Waals surface area contributed by atoms with Crippen LogP contribution in [0.3, 0.4) is 0 Å². The summed E-state index contributed by atoms with van der Waals surface area (Å²) in [4.78, 5) is 38.2. The lowest BCUT2D eigenvalue weighted by atomic mass is 10.0. The molecule has 1 atom stereocenters. The first-order valence-corrected chi connectivity index (χ1v) is 9.30. The molecule has 1 heterocycles. The van der Waals surface area contributed by atoms with Gasteiger partial charge in [-0.05, 0) is 52.7 Å². The van der Waals surface area contributed by atoms with Gasteiger partial charge in [0, 0.05) is 24.7 Å². The number of ether oxygens (including phenoxy) is 1. The SMILES string of the molecule is CC(NC(=O)c1ccccc1)C(=O)NC1CCN(C(=O)OC(C)(C)C)CC1. The fraction of sp³-hybridized carbons (Fsp3) is 0.550. The molecular weight excluding hydrogens is 346 g/mol. The van der Waals surface area contributed by atoms with Crippen LogP contribution >= 0.6 is 0 Å². The van der Waals surface area contributed by atoms with Crippen LogP contribution < -0.4 is 10.6 Å². The van der Waals surface area contributed by atoms with Crippen LogP contribution in [-0.4, -0.2) is 53.6 Å². The number of benzene rings is 1. The van der Waals surface area contributed by atoms with E-state index >= 15 is 0 Å². The van der Waals surface area contributed by atoms with Crippen LogP contribution in [-0.2, 0) is 9.53 Å². The van der Waals surface area contributed by atoms with Crippen molar-refractivity contribution in [1.82, 2.24) is 15.5 Å². The number of nitrogens with one attached hydrogen (secondary N) is 2. The Labute approximate surface area is 160 Å². The number of carbonyl (C=O) groups excluding carboxylic acids is 3. The van der Waals surface area contributed by atoms with Gasteiger partial charge in [-0.15, -0.1) is 0 Å². The van der Waals surface area contributed by atoms with Gasteiger partial charge >= 0.3 is 6.09 Å². The van der Waals surface area contributed by atoms with E-state index in [0.29, 0.717) is 31.5 Å². The van der Waals surface area contributed by atoms with Gasteiger partial charge in [0.15, 0.2) is 0 Å². The van der Waals surface area contributed by atoms with Crippen molar-refractivity contribution >= 4 is 17.9 Å². The summed E-state index contributed by atoms with van der Waals surface area (Å²) < 4.78 is 5.37. The first-order valence-electron chi connectivity index (χ1n) is 9.30. The monoisotopic (exact) mass is 375 g/mol. The summed E-state index contributed by atoms with van der Waals surface area (Å²) in [7, 11) is 0. The summed E-state index contributed by atoms with van der Waals surface area (Å²) in [6, 6.07) is 8.12. The third-order valence-corrected chi connectivity index (χ3v) is 4.27. The summed E-state index contributed by atoms with van der Waals surface area (Å²) in [6.45, 7) is 8.23. The predicted molar refractivity (Wildman–Crippen MR) is 102 cm³/mol. The predicted octanol–water partition coefficient (Wildman–Crippen LogP) is 2.32. The number of likely N-dealkylation sites (tertiary alicyclic amines) is 1. The van der Waals surface area contributed by atoms with Gasteiger partial charge in [-0.25, -0.2) is 4.79 Å². The second-order valence-electron chi connectivity index (χ2n) is 7.81. The zero-order valence-electron chi connectivity index (χ0n) is 16.5. The third kappa shape index (κ3) is 6.58. The Kier molecular flexibility index (Phi) is 6.82.